The molecule has 1 aliphatic carbocycles. The van der Waals surface area contributed by atoms with Crippen LogP contribution >= 0.6 is 0 Å². The predicted molar refractivity (Wildman–Crippen MR) is 97.6 cm³/mol. The first-order valence-corrected chi connectivity index (χ1v) is 9.50. The molecule has 7 heteroatoms. The Bertz CT molecular complexity index is 562. The van der Waals surface area contributed by atoms with E-state index in [0.29, 0.717) is 31.5 Å². The third kappa shape index (κ3) is 5.56. The van der Waals surface area contributed by atoms with Crippen LogP contribution in [0.15, 0.2) is 12.3 Å². The fraction of sp³-hybridized carbons (Fsp3) is 0.722. The number of carbonyl (C=O) groups is 1. The number of anilines is 2. The van der Waals surface area contributed by atoms with E-state index in [9.17, 15) is 9.90 Å². The van der Waals surface area contributed by atoms with Crippen molar-refractivity contribution in [3.63, 3.8) is 0 Å². The molecule has 1 saturated carbocycles. The van der Waals surface area contributed by atoms with Crippen LogP contribution in [0.3, 0.4) is 0 Å². The molecule has 0 spiro atoms. The summed E-state index contributed by atoms with van der Waals surface area (Å²) < 4.78 is 0. The second kappa shape index (κ2) is 8.99. The Labute approximate surface area is 149 Å². The molecule has 138 valence electrons. The quantitative estimate of drug-likeness (QED) is 0.725. The van der Waals surface area contributed by atoms with Gasteiger partial charge in [-0.25, -0.2) is 4.98 Å². The highest BCUT2D eigenvalue weighted by atomic mass is 16.3. The Morgan fingerprint density at radius 2 is 2.08 bits per heavy atom. The van der Waals surface area contributed by atoms with E-state index in [-0.39, 0.29) is 12.0 Å². The van der Waals surface area contributed by atoms with Crippen molar-refractivity contribution >= 4 is 17.7 Å². The highest BCUT2D eigenvalue weighted by Gasteiger charge is 2.19. The topological polar surface area (TPSA) is 90.4 Å². The Morgan fingerprint density at radius 3 is 2.88 bits per heavy atom. The van der Waals surface area contributed by atoms with Gasteiger partial charge in [0.2, 0.25) is 11.9 Å². The third-order valence-corrected chi connectivity index (χ3v) is 4.97. The van der Waals surface area contributed by atoms with E-state index >= 15 is 0 Å². The van der Waals surface area contributed by atoms with Gasteiger partial charge in [-0.1, -0.05) is 19.3 Å². The lowest BCUT2D eigenvalue weighted by Crippen LogP contribution is -2.38. The smallest absolute Gasteiger partial charge is 0.224 e. The van der Waals surface area contributed by atoms with E-state index < -0.39 is 0 Å². The summed E-state index contributed by atoms with van der Waals surface area (Å²) >= 11 is 0. The standard InChI is InChI=1S/C18H29N5O2/c24-15-7-4-12-23(13-15)16-8-10-19-18(22-16)20-11-9-17(25)21-14-5-2-1-3-6-14/h8,10,14-15,24H,1-7,9,11-13H2,(H,21,25)(H,19,20,22)/t15-/m1/s1. The van der Waals surface area contributed by atoms with Crippen LogP contribution in [0.4, 0.5) is 11.8 Å². The molecule has 3 rings (SSSR count). The van der Waals surface area contributed by atoms with Gasteiger partial charge in [-0.15, -0.1) is 0 Å². The molecule has 1 aliphatic heterocycles. The first-order valence-electron chi connectivity index (χ1n) is 9.50. The molecule has 1 aromatic rings. The first-order chi connectivity index (χ1) is 12.2. The maximum atomic E-state index is 12.0. The molecule has 25 heavy (non-hydrogen) atoms. The number of nitrogens with one attached hydrogen (secondary N) is 2. The monoisotopic (exact) mass is 347 g/mol. The summed E-state index contributed by atoms with van der Waals surface area (Å²) in [5, 5.41) is 16.1. The van der Waals surface area contributed by atoms with E-state index in [1.54, 1.807) is 6.20 Å². The normalized spacial score (nSPS) is 21.8. The Morgan fingerprint density at radius 1 is 1.24 bits per heavy atom. The second-order valence-corrected chi connectivity index (χ2v) is 7.06. The number of hydrogen-bond acceptors (Lipinski definition) is 6. The molecule has 2 heterocycles. The number of hydrogen-bond donors (Lipinski definition) is 3. The van der Waals surface area contributed by atoms with Crippen molar-refractivity contribution < 1.29 is 9.90 Å². The Kier molecular flexibility index (Phi) is 6.44. The largest absolute Gasteiger partial charge is 0.391 e. The van der Waals surface area contributed by atoms with Gasteiger partial charge in [-0.05, 0) is 31.7 Å². The van der Waals surface area contributed by atoms with Gasteiger partial charge in [-0.3, -0.25) is 4.79 Å². The fourth-order valence-corrected chi connectivity index (χ4v) is 3.61. The number of β-amino-alcohol motifs (C(OH)–C–C–N with tert-alkyl or cyclic N) is 1. The lowest BCUT2D eigenvalue weighted by molar-refractivity contribution is -0.121. The highest BCUT2D eigenvalue weighted by molar-refractivity contribution is 5.76. The van der Waals surface area contributed by atoms with Crippen LogP contribution in [0.2, 0.25) is 0 Å². The molecule has 1 atom stereocenters. The van der Waals surface area contributed by atoms with Gasteiger partial charge in [0.25, 0.3) is 0 Å². The molecule has 0 aromatic carbocycles. The predicted octanol–water partition coefficient (Wildman–Crippen LogP) is 1.69. The van der Waals surface area contributed by atoms with E-state index in [0.717, 1.165) is 38.0 Å². The molecule has 0 radical (unpaired) electrons. The molecule has 1 aromatic heterocycles. The minimum Gasteiger partial charge on any atom is -0.391 e. The van der Waals surface area contributed by atoms with Crippen LogP contribution in [0.1, 0.15) is 51.4 Å². The van der Waals surface area contributed by atoms with Crippen molar-refractivity contribution in [3.8, 4) is 0 Å². The zero-order valence-corrected chi connectivity index (χ0v) is 14.8. The first kappa shape index (κ1) is 17.9. The van der Waals surface area contributed by atoms with Crippen molar-refractivity contribution in [3.05, 3.63) is 12.3 Å². The number of aromatic nitrogens is 2. The molecule has 7 nitrogen and oxygen atoms in total. The summed E-state index contributed by atoms with van der Waals surface area (Å²) in [6.45, 7) is 2.03. The number of piperidine rings is 1. The molecule has 3 N–H and O–H groups in total. The SMILES string of the molecule is O=C(CCNc1nccc(N2CCC[C@@H](O)C2)n1)NC1CCCCC1. The second-order valence-electron chi connectivity index (χ2n) is 7.06. The molecule has 2 fully saturated rings. The molecule has 1 amide bonds. The fourth-order valence-electron chi connectivity index (χ4n) is 3.61. The highest BCUT2D eigenvalue weighted by Crippen LogP contribution is 2.19. The maximum absolute atomic E-state index is 12.0. The molecule has 1 saturated heterocycles. The number of amides is 1. The maximum Gasteiger partial charge on any atom is 0.224 e. The van der Waals surface area contributed by atoms with Crippen LogP contribution < -0.4 is 15.5 Å². The van der Waals surface area contributed by atoms with Crippen LogP contribution in [-0.4, -0.2) is 52.8 Å². The van der Waals surface area contributed by atoms with Crippen LogP contribution in [-0.2, 0) is 4.79 Å². The minimum absolute atomic E-state index is 0.0923. The molecule has 0 bridgehead atoms. The zero-order valence-electron chi connectivity index (χ0n) is 14.8. The average Bonchev–Trinajstić information content (AvgIpc) is 2.63. The van der Waals surface area contributed by atoms with Crippen LogP contribution in [0.25, 0.3) is 0 Å². The number of rotatable bonds is 6. The summed E-state index contributed by atoms with van der Waals surface area (Å²) in [6.07, 6.45) is 9.60. The van der Waals surface area contributed by atoms with Gasteiger partial charge in [0.15, 0.2) is 0 Å². The molecular weight excluding hydrogens is 318 g/mol. The number of aliphatic hydroxyl groups is 1. The number of nitrogens with zero attached hydrogens (tertiary/aromatic N) is 3. The van der Waals surface area contributed by atoms with Gasteiger partial charge in [-0.2, -0.15) is 4.98 Å². The van der Waals surface area contributed by atoms with E-state index in [1.807, 2.05) is 6.07 Å². The Balaban J connectivity index is 1.43. The molecular formula is C18H29N5O2. The van der Waals surface area contributed by atoms with Gasteiger partial charge in [0, 0.05) is 38.3 Å². The summed E-state index contributed by atoms with van der Waals surface area (Å²) in [6, 6.07) is 2.21. The lowest BCUT2D eigenvalue weighted by Gasteiger charge is -2.31. The van der Waals surface area contributed by atoms with E-state index in [1.165, 1.54) is 19.3 Å². The molecule has 0 unspecified atom stereocenters. The van der Waals surface area contributed by atoms with Crippen molar-refractivity contribution in [2.24, 2.45) is 0 Å². The summed E-state index contributed by atoms with van der Waals surface area (Å²) in [7, 11) is 0. The van der Waals surface area contributed by atoms with Gasteiger partial charge < -0.3 is 20.6 Å². The summed E-state index contributed by atoms with van der Waals surface area (Å²) in [5.41, 5.74) is 0. The zero-order chi connectivity index (χ0) is 17.5. The van der Waals surface area contributed by atoms with Gasteiger partial charge >= 0.3 is 0 Å². The average molecular weight is 347 g/mol. The van der Waals surface area contributed by atoms with Crippen molar-refractivity contribution in [1.82, 2.24) is 15.3 Å². The number of aliphatic hydroxyl groups excluding tert-OH is 1. The third-order valence-electron chi connectivity index (χ3n) is 4.97. The van der Waals surface area contributed by atoms with E-state index in [2.05, 4.69) is 25.5 Å². The van der Waals surface area contributed by atoms with Crippen LogP contribution in [0, 0.1) is 0 Å². The summed E-state index contributed by atoms with van der Waals surface area (Å²) in [5.74, 6) is 1.45. The minimum atomic E-state index is -0.288. The lowest BCUT2D eigenvalue weighted by atomic mass is 9.95. The van der Waals surface area contributed by atoms with Crippen molar-refractivity contribution in [2.45, 2.75) is 63.5 Å². The van der Waals surface area contributed by atoms with Gasteiger partial charge in [0.1, 0.15) is 5.82 Å². The number of carbonyl (C=O) groups excluding carboxylic acids is 1. The van der Waals surface area contributed by atoms with E-state index in [4.69, 9.17) is 0 Å². The summed E-state index contributed by atoms with van der Waals surface area (Å²) in [4.78, 5) is 22.8. The van der Waals surface area contributed by atoms with Gasteiger partial charge in [0.05, 0.1) is 6.10 Å². The van der Waals surface area contributed by atoms with Crippen molar-refractivity contribution in [2.75, 3.05) is 29.9 Å². The molecule has 2 aliphatic rings. The van der Waals surface area contributed by atoms with Crippen LogP contribution in [0.5, 0.6) is 0 Å². The van der Waals surface area contributed by atoms with Crippen molar-refractivity contribution in [1.29, 1.82) is 0 Å². The Hall–Kier alpha value is -1.89.